The van der Waals surface area contributed by atoms with E-state index in [0.29, 0.717) is 0 Å². The number of aliphatic carboxylic acids is 1. The van der Waals surface area contributed by atoms with E-state index in [1.165, 1.54) is 12.1 Å². The van der Waals surface area contributed by atoms with Crippen LogP contribution in [-0.4, -0.2) is 31.4 Å². The molecule has 0 bridgehead atoms. The lowest BCUT2D eigenvalue weighted by Crippen LogP contribution is -2.43. The van der Waals surface area contributed by atoms with Crippen molar-refractivity contribution in [3.63, 3.8) is 0 Å². The summed E-state index contributed by atoms with van der Waals surface area (Å²) in [5.74, 6) is -2.55. The smallest absolute Gasteiger partial charge is 0.322 e. The molecule has 0 radical (unpaired) electrons. The van der Waals surface area contributed by atoms with Crippen LogP contribution in [0.15, 0.2) is 23.1 Å². The number of nitrogens with two attached hydrogens (primary N) is 1. The first-order valence-electron chi connectivity index (χ1n) is 5.40. The molecule has 0 aliphatic carbocycles. The van der Waals surface area contributed by atoms with E-state index in [4.69, 9.17) is 27.7 Å². The van der Waals surface area contributed by atoms with Gasteiger partial charge in [-0.2, -0.15) is 9.98 Å². The first kappa shape index (κ1) is 16.9. The molecule has 0 aliphatic heterocycles. The highest BCUT2D eigenvalue weighted by Gasteiger charge is 2.28. The van der Waals surface area contributed by atoms with E-state index in [0.717, 1.165) is 6.07 Å². The van der Waals surface area contributed by atoms with Crippen LogP contribution in [0, 0.1) is 11.3 Å². The van der Waals surface area contributed by atoms with Crippen molar-refractivity contribution in [3.8, 4) is 6.07 Å². The third kappa shape index (κ3) is 4.42. The number of hydrogen-bond acceptors (Lipinski definition) is 5. The predicted octanol–water partition coefficient (Wildman–Crippen LogP) is -0.181. The van der Waals surface area contributed by atoms with Crippen molar-refractivity contribution in [1.82, 2.24) is 4.72 Å². The Morgan fingerprint density at radius 3 is 2.57 bits per heavy atom. The Morgan fingerprint density at radius 1 is 1.48 bits per heavy atom. The molecule has 0 saturated carbocycles. The summed E-state index contributed by atoms with van der Waals surface area (Å²) in [4.78, 5) is 21.2. The van der Waals surface area contributed by atoms with Crippen molar-refractivity contribution in [2.75, 3.05) is 0 Å². The van der Waals surface area contributed by atoms with Crippen molar-refractivity contribution < 1.29 is 23.1 Å². The number of amides is 1. The quantitative estimate of drug-likeness (QED) is 0.657. The normalized spacial score (nSPS) is 12.4. The topological polar surface area (TPSA) is 150 Å². The predicted molar refractivity (Wildman–Crippen MR) is 71.7 cm³/mol. The number of carbonyl (C=O) groups excluding carboxylic acids is 1. The number of carboxylic acid groups (broad SMARTS) is 1. The van der Waals surface area contributed by atoms with E-state index in [1.54, 1.807) is 6.07 Å². The number of hydrogen-bond donors (Lipinski definition) is 3. The van der Waals surface area contributed by atoms with Crippen LogP contribution in [0.1, 0.15) is 12.0 Å². The molecular formula is C11H10ClN3O5S. The van der Waals surface area contributed by atoms with Crippen molar-refractivity contribution in [2.24, 2.45) is 5.73 Å². The third-order valence-corrected chi connectivity index (χ3v) is 4.30. The maximum atomic E-state index is 12.1. The summed E-state index contributed by atoms with van der Waals surface area (Å²) in [6, 6.07) is 3.50. The summed E-state index contributed by atoms with van der Waals surface area (Å²) >= 11 is 5.74. The number of rotatable bonds is 6. The second-order valence-electron chi connectivity index (χ2n) is 3.94. The summed E-state index contributed by atoms with van der Waals surface area (Å²) in [7, 11) is -4.34. The van der Waals surface area contributed by atoms with E-state index in [-0.39, 0.29) is 10.6 Å². The van der Waals surface area contributed by atoms with Crippen molar-refractivity contribution in [3.05, 3.63) is 28.8 Å². The SMILES string of the molecule is N#Cc1ccc(Cl)c(S(=O)(=O)NC(CC(N)=O)C(=O)O)c1. The van der Waals surface area contributed by atoms with Gasteiger partial charge in [0.15, 0.2) is 0 Å². The monoisotopic (exact) mass is 331 g/mol. The van der Waals surface area contributed by atoms with Gasteiger partial charge in [0.25, 0.3) is 0 Å². The van der Waals surface area contributed by atoms with E-state index in [9.17, 15) is 18.0 Å². The third-order valence-electron chi connectivity index (χ3n) is 2.35. The second kappa shape index (κ2) is 6.53. The van der Waals surface area contributed by atoms with Gasteiger partial charge in [0.2, 0.25) is 15.9 Å². The summed E-state index contributed by atoms with van der Waals surface area (Å²) < 4.78 is 26.0. The molecule has 0 heterocycles. The first-order valence-corrected chi connectivity index (χ1v) is 7.26. The molecule has 112 valence electrons. The van der Waals surface area contributed by atoms with Crippen LogP contribution in [0.5, 0.6) is 0 Å². The number of nitriles is 1. The van der Waals surface area contributed by atoms with Crippen LogP contribution in [-0.2, 0) is 19.6 Å². The lowest BCUT2D eigenvalue weighted by molar-refractivity contribution is -0.140. The van der Waals surface area contributed by atoms with Gasteiger partial charge in [-0.25, -0.2) is 8.42 Å². The standard InChI is InChI=1S/C11H10ClN3O5S/c12-7-2-1-6(5-13)3-9(7)21(19,20)15-8(11(17)18)4-10(14)16/h1-3,8,15H,4H2,(H2,14,16)(H,17,18). The molecule has 0 aliphatic rings. The minimum atomic E-state index is -4.34. The Hall–Kier alpha value is -2.15. The molecule has 1 atom stereocenters. The number of nitrogens with one attached hydrogen (secondary N) is 1. The average Bonchev–Trinajstić information content (AvgIpc) is 2.37. The number of carbonyl (C=O) groups is 2. The Kier molecular flexibility index (Phi) is 5.26. The maximum absolute atomic E-state index is 12.1. The highest BCUT2D eigenvalue weighted by Crippen LogP contribution is 2.22. The zero-order chi connectivity index (χ0) is 16.2. The van der Waals surface area contributed by atoms with Gasteiger partial charge in [-0.15, -0.1) is 0 Å². The zero-order valence-corrected chi connectivity index (χ0v) is 12.0. The van der Waals surface area contributed by atoms with Crippen LogP contribution in [0.2, 0.25) is 5.02 Å². The van der Waals surface area contributed by atoms with Crippen LogP contribution in [0.3, 0.4) is 0 Å². The van der Waals surface area contributed by atoms with Crippen molar-refractivity contribution in [1.29, 1.82) is 5.26 Å². The molecule has 4 N–H and O–H groups in total. The molecule has 0 aromatic heterocycles. The average molecular weight is 332 g/mol. The van der Waals surface area contributed by atoms with Gasteiger partial charge in [0, 0.05) is 0 Å². The number of benzene rings is 1. The van der Waals surface area contributed by atoms with Gasteiger partial charge in [0.05, 0.1) is 23.1 Å². The van der Waals surface area contributed by atoms with Crippen molar-refractivity contribution in [2.45, 2.75) is 17.4 Å². The fourth-order valence-corrected chi connectivity index (χ4v) is 3.13. The van der Waals surface area contributed by atoms with Gasteiger partial charge in [-0.3, -0.25) is 9.59 Å². The molecule has 1 amide bonds. The molecule has 1 aromatic rings. The van der Waals surface area contributed by atoms with E-state index >= 15 is 0 Å². The summed E-state index contributed by atoms with van der Waals surface area (Å²) in [6.07, 6.45) is -0.718. The zero-order valence-electron chi connectivity index (χ0n) is 10.4. The van der Waals surface area contributed by atoms with E-state index in [2.05, 4.69) is 0 Å². The highest BCUT2D eigenvalue weighted by atomic mass is 35.5. The highest BCUT2D eigenvalue weighted by molar-refractivity contribution is 7.89. The Bertz CT molecular complexity index is 726. The summed E-state index contributed by atoms with van der Waals surface area (Å²) in [6.45, 7) is 0. The van der Waals surface area contributed by atoms with Gasteiger partial charge >= 0.3 is 5.97 Å². The molecule has 10 heteroatoms. The number of primary amides is 1. The molecule has 21 heavy (non-hydrogen) atoms. The largest absolute Gasteiger partial charge is 0.480 e. The van der Waals surface area contributed by atoms with Gasteiger partial charge in [-0.1, -0.05) is 11.6 Å². The molecule has 1 rings (SSSR count). The van der Waals surface area contributed by atoms with Crippen LogP contribution in [0.25, 0.3) is 0 Å². The maximum Gasteiger partial charge on any atom is 0.322 e. The lowest BCUT2D eigenvalue weighted by atomic mass is 10.2. The summed E-state index contributed by atoms with van der Waals surface area (Å²) in [5.41, 5.74) is 4.89. The Labute approximate surface area is 125 Å². The second-order valence-corrected chi connectivity index (χ2v) is 6.03. The van der Waals surface area contributed by atoms with Gasteiger partial charge < -0.3 is 10.8 Å². The van der Waals surface area contributed by atoms with Gasteiger partial charge in [0.1, 0.15) is 10.9 Å². The molecule has 0 saturated heterocycles. The number of halogens is 1. The number of carboxylic acids is 1. The number of nitrogens with zero attached hydrogens (tertiary/aromatic N) is 1. The van der Waals surface area contributed by atoms with E-state index < -0.39 is 39.3 Å². The molecule has 0 fully saturated rings. The Balaban J connectivity index is 3.19. The molecule has 8 nitrogen and oxygen atoms in total. The minimum Gasteiger partial charge on any atom is -0.480 e. The molecule has 1 aromatic carbocycles. The van der Waals surface area contributed by atoms with Crippen LogP contribution < -0.4 is 10.5 Å². The molecule has 0 spiro atoms. The fourth-order valence-electron chi connectivity index (χ4n) is 1.41. The fraction of sp³-hybridized carbons (Fsp3) is 0.182. The first-order chi connectivity index (χ1) is 9.67. The molecular weight excluding hydrogens is 322 g/mol. The van der Waals surface area contributed by atoms with E-state index in [1.807, 2.05) is 4.72 Å². The van der Waals surface area contributed by atoms with Crippen molar-refractivity contribution >= 4 is 33.5 Å². The van der Waals surface area contributed by atoms with Crippen LogP contribution >= 0.6 is 11.6 Å². The number of sulfonamides is 1. The van der Waals surface area contributed by atoms with Crippen LogP contribution in [0.4, 0.5) is 0 Å². The Morgan fingerprint density at radius 2 is 2.10 bits per heavy atom. The lowest BCUT2D eigenvalue weighted by Gasteiger charge is -2.14. The molecule has 1 unspecified atom stereocenters. The van der Waals surface area contributed by atoms with Gasteiger partial charge in [-0.05, 0) is 18.2 Å². The summed E-state index contributed by atoms with van der Waals surface area (Å²) in [5, 5.41) is 17.4. The minimum absolute atomic E-state index is 0.0292.